The van der Waals surface area contributed by atoms with Crippen molar-refractivity contribution in [3.8, 4) is 5.75 Å². The Morgan fingerprint density at radius 3 is 2.11 bits per heavy atom. The second kappa shape index (κ2) is 10.8. The van der Waals surface area contributed by atoms with E-state index in [4.69, 9.17) is 9.15 Å². The van der Waals surface area contributed by atoms with Crippen molar-refractivity contribution >= 4 is 34.4 Å². The van der Waals surface area contributed by atoms with Crippen molar-refractivity contribution in [1.29, 1.82) is 0 Å². The van der Waals surface area contributed by atoms with Gasteiger partial charge in [-0.15, -0.1) is 0 Å². The Kier molecular flexibility index (Phi) is 7.39. The SMILES string of the molecule is CCC(C)NC(=O)c1cc2ccc(OC(=O)c3ccc(C(=O)C(=O)c4ccccc4)cc3)cc2oc1=O. The van der Waals surface area contributed by atoms with Crippen LogP contribution in [0.4, 0.5) is 0 Å². The maximum absolute atomic E-state index is 12.6. The summed E-state index contributed by atoms with van der Waals surface area (Å²) in [5.74, 6) is -2.44. The van der Waals surface area contributed by atoms with Crippen LogP contribution < -0.4 is 15.7 Å². The third-order valence-corrected chi connectivity index (χ3v) is 5.78. The molecule has 1 N–H and O–H groups in total. The number of carbonyl (C=O) groups is 4. The lowest BCUT2D eigenvalue weighted by Gasteiger charge is -2.11. The van der Waals surface area contributed by atoms with Crippen LogP contribution in [-0.2, 0) is 0 Å². The fourth-order valence-corrected chi connectivity index (χ4v) is 3.49. The third-order valence-electron chi connectivity index (χ3n) is 5.78. The average molecular weight is 498 g/mol. The molecule has 1 heterocycles. The highest BCUT2D eigenvalue weighted by Crippen LogP contribution is 2.22. The standard InChI is InChI=1S/C29H23NO7/c1-3-17(2)30-27(33)23-15-21-13-14-22(16-24(21)37-29(23)35)36-28(34)20-11-9-19(10-12-20)26(32)25(31)18-7-5-4-6-8-18/h4-17H,3H2,1-2H3,(H,30,33). The number of amides is 1. The summed E-state index contributed by atoms with van der Waals surface area (Å²) in [5.41, 5.74) is -0.189. The predicted molar refractivity (Wildman–Crippen MR) is 136 cm³/mol. The van der Waals surface area contributed by atoms with Gasteiger partial charge in [0.15, 0.2) is 0 Å². The molecule has 1 unspecified atom stereocenters. The molecular formula is C29H23NO7. The first-order valence-electron chi connectivity index (χ1n) is 11.6. The minimum atomic E-state index is -0.804. The molecule has 37 heavy (non-hydrogen) atoms. The molecule has 0 bridgehead atoms. The molecule has 4 aromatic rings. The van der Waals surface area contributed by atoms with Crippen molar-refractivity contribution in [2.75, 3.05) is 0 Å². The molecule has 8 heteroatoms. The summed E-state index contributed by atoms with van der Waals surface area (Å²) >= 11 is 0. The predicted octanol–water partition coefficient (Wildman–Crippen LogP) is 4.61. The van der Waals surface area contributed by atoms with Gasteiger partial charge in [0.1, 0.15) is 16.9 Å². The number of hydrogen-bond donors (Lipinski definition) is 1. The van der Waals surface area contributed by atoms with Gasteiger partial charge < -0.3 is 14.5 Å². The Morgan fingerprint density at radius 1 is 0.838 bits per heavy atom. The zero-order chi connectivity index (χ0) is 26.5. The molecule has 0 saturated heterocycles. The maximum Gasteiger partial charge on any atom is 0.349 e. The van der Waals surface area contributed by atoms with Crippen molar-refractivity contribution in [3.63, 3.8) is 0 Å². The lowest BCUT2D eigenvalue weighted by Crippen LogP contribution is -2.34. The van der Waals surface area contributed by atoms with Crippen LogP contribution in [0.15, 0.2) is 88.1 Å². The van der Waals surface area contributed by atoms with E-state index in [0.29, 0.717) is 11.8 Å². The van der Waals surface area contributed by atoms with Crippen LogP contribution in [0.1, 0.15) is 61.7 Å². The molecule has 4 rings (SSSR count). The van der Waals surface area contributed by atoms with Crippen LogP contribution in [0.3, 0.4) is 0 Å². The van der Waals surface area contributed by atoms with Crippen molar-refractivity contribution in [2.24, 2.45) is 0 Å². The van der Waals surface area contributed by atoms with Crippen molar-refractivity contribution < 1.29 is 28.3 Å². The summed E-state index contributed by atoms with van der Waals surface area (Å²) < 4.78 is 10.7. The van der Waals surface area contributed by atoms with Gasteiger partial charge in [-0.25, -0.2) is 9.59 Å². The first kappa shape index (κ1) is 25.2. The zero-order valence-corrected chi connectivity index (χ0v) is 20.1. The van der Waals surface area contributed by atoms with Crippen molar-refractivity contribution in [2.45, 2.75) is 26.3 Å². The molecule has 3 aromatic carbocycles. The summed E-state index contributed by atoms with van der Waals surface area (Å²) in [4.78, 5) is 62.1. The highest BCUT2D eigenvalue weighted by atomic mass is 16.5. The summed E-state index contributed by atoms with van der Waals surface area (Å²) in [5, 5.41) is 3.21. The number of esters is 1. The van der Waals surface area contributed by atoms with Gasteiger partial charge in [-0.2, -0.15) is 0 Å². The Labute approximate surface area is 211 Å². The topological polar surface area (TPSA) is 120 Å². The number of rotatable bonds is 8. The van der Waals surface area contributed by atoms with Crippen LogP contribution in [-0.4, -0.2) is 29.5 Å². The number of carbonyl (C=O) groups excluding carboxylic acids is 4. The molecule has 186 valence electrons. The second-order valence-electron chi connectivity index (χ2n) is 8.42. The summed E-state index contributed by atoms with van der Waals surface area (Å²) in [7, 11) is 0. The Balaban J connectivity index is 1.48. The number of benzene rings is 3. The number of nitrogens with one attached hydrogen (secondary N) is 1. The van der Waals surface area contributed by atoms with Gasteiger partial charge >= 0.3 is 11.6 Å². The molecule has 0 aliphatic heterocycles. The summed E-state index contributed by atoms with van der Waals surface area (Å²) in [6, 6.07) is 19.5. The van der Waals surface area contributed by atoms with Crippen LogP contribution >= 0.6 is 0 Å². The molecule has 0 saturated carbocycles. The normalized spacial score (nSPS) is 11.5. The molecule has 1 atom stereocenters. The van der Waals surface area contributed by atoms with Gasteiger partial charge in [0.25, 0.3) is 5.91 Å². The lowest BCUT2D eigenvalue weighted by atomic mass is 10.0. The monoisotopic (exact) mass is 497 g/mol. The number of Topliss-reactive ketones (excluding diaryl/α,β-unsaturated/α-hetero) is 2. The largest absolute Gasteiger partial charge is 0.423 e. The van der Waals surface area contributed by atoms with Gasteiger partial charge in [0.05, 0.1) is 5.56 Å². The smallest absolute Gasteiger partial charge is 0.349 e. The van der Waals surface area contributed by atoms with E-state index < -0.39 is 29.1 Å². The van der Waals surface area contributed by atoms with Crippen LogP contribution in [0.5, 0.6) is 5.75 Å². The van der Waals surface area contributed by atoms with E-state index in [2.05, 4.69) is 5.32 Å². The number of fused-ring (bicyclic) bond motifs is 1. The molecule has 1 aromatic heterocycles. The first-order chi connectivity index (χ1) is 17.8. The van der Waals surface area contributed by atoms with Gasteiger partial charge in [-0.3, -0.25) is 14.4 Å². The highest BCUT2D eigenvalue weighted by molar-refractivity contribution is 6.49. The molecule has 0 fully saturated rings. The van der Waals surface area contributed by atoms with E-state index >= 15 is 0 Å². The van der Waals surface area contributed by atoms with Crippen LogP contribution in [0.25, 0.3) is 11.0 Å². The Morgan fingerprint density at radius 2 is 1.46 bits per heavy atom. The van der Waals surface area contributed by atoms with E-state index in [1.807, 2.05) is 13.8 Å². The van der Waals surface area contributed by atoms with E-state index in [1.165, 1.54) is 42.5 Å². The third kappa shape index (κ3) is 5.70. The van der Waals surface area contributed by atoms with E-state index in [-0.39, 0.29) is 39.6 Å². The molecule has 1 amide bonds. The minimum absolute atomic E-state index is 0.0964. The van der Waals surface area contributed by atoms with Crippen molar-refractivity contribution in [1.82, 2.24) is 5.32 Å². The number of hydrogen-bond acceptors (Lipinski definition) is 7. The number of ether oxygens (including phenoxy) is 1. The Hall–Kier alpha value is -4.85. The lowest BCUT2D eigenvalue weighted by molar-refractivity contribution is 0.0734. The average Bonchev–Trinajstić information content (AvgIpc) is 2.92. The molecule has 0 aliphatic carbocycles. The fraction of sp³-hybridized carbons (Fsp3) is 0.138. The van der Waals surface area contributed by atoms with Crippen LogP contribution in [0.2, 0.25) is 0 Å². The zero-order valence-electron chi connectivity index (χ0n) is 20.1. The summed E-state index contributed by atoms with van der Waals surface area (Å²) in [6.07, 6.45) is 0.713. The van der Waals surface area contributed by atoms with E-state index in [1.54, 1.807) is 36.4 Å². The van der Waals surface area contributed by atoms with Gasteiger partial charge in [-0.05, 0) is 43.7 Å². The van der Waals surface area contributed by atoms with Crippen molar-refractivity contribution in [3.05, 3.63) is 112 Å². The molecule has 0 radical (unpaired) electrons. The van der Waals surface area contributed by atoms with Gasteiger partial charge in [0, 0.05) is 28.6 Å². The highest BCUT2D eigenvalue weighted by Gasteiger charge is 2.19. The fourth-order valence-electron chi connectivity index (χ4n) is 3.49. The number of ketones is 2. The van der Waals surface area contributed by atoms with E-state index in [0.717, 1.165) is 0 Å². The Bertz CT molecular complexity index is 1550. The minimum Gasteiger partial charge on any atom is -0.423 e. The van der Waals surface area contributed by atoms with Gasteiger partial charge in [0.2, 0.25) is 11.6 Å². The molecule has 0 spiro atoms. The molecule has 8 nitrogen and oxygen atoms in total. The van der Waals surface area contributed by atoms with Crippen LogP contribution in [0, 0.1) is 0 Å². The first-order valence-corrected chi connectivity index (χ1v) is 11.6. The molecular weight excluding hydrogens is 474 g/mol. The van der Waals surface area contributed by atoms with E-state index in [9.17, 15) is 24.0 Å². The quantitative estimate of drug-likeness (QED) is 0.124. The summed E-state index contributed by atoms with van der Waals surface area (Å²) in [6.45, 7) is 3.74. The molecule has 0 aliphatic rings. The second-order valence-corrected chi connectivity index (χ2v) is 8.42. The van der Waals surface area contributed by atoms with Gasteiger partial charge in [-0.1, -0.05) is 49.4 Å². The maximum atomic E-state index is 12.6.